The summed E-state index contributed by atoms with van der Waals surface area (Å²) >= 11 is 0. The van der Waals surface area contributed by atoms with Gasteiger partial charge in [-0.15, -0.1) is 0 Å². The van der Waals surface area contributed by atoms with Crippen LogP contribution in [0.15, 0.2) is 48.5 Å². The minimum absolute atomic E-state index is 0.0397. The Morgan fingerprint density at radius 1 is 1.14 bits per heavy atom. The highest BCUT2D eigenvalue weighted by atomic mass is 19.4. The molecule has 1 amide bonds. The van der Waals surface area contributed by atoms with E-state index in [9.17, 15) is 27.9 Å². The van der Waals surface area contributed by atoms with E-state index in [0.29, 0.717) is 11.3 Å². The smallest absolute Gasteiger partial charge is 0.416 e. The number of benzene rings is 2. The van der Waals surface area contributed by atoms with Crippen molar-refractivity contribution in [2.75, 3.05) is 6.54 Å². The number of aliphatic hydroxyl groups is 1. The third-order valence-electron chi connectivity index (χ3n) is 3.99. The zero-order chi connectivity index (χ0) is 20.9. The van der Waals surface area contributed by atoms with Crippen molar-refractivity contribution in [3.63, 3.8) is 0 Å². The van der Waals surface area contributed by atoms with Gasteiger partial charge in [0.1, 0.15) is 5.75 Å². The molecule has 0 fully saturated rings. The van der Waals surface area contributed by atoms with Crippen molar-refractivity contribution in [3.05, 3.63) is 65.2 Å². The van der Waals surface area contributed by atoms with Gasteiger partial charge in [0.05, 0.1) is 11.7 Å². The van der Waals surface area contributed by atoms with Crippen LogP contribution in [0.4, 0.5) is 13.2 Å². The summed E-state index contributed by atoms with van der Waals surface area (Å²) in [4.78, 5) is 23.5. The zero-order valence-corrected chi connectivity index (χ0v) is 15.3. The van der Waals surface area contributed by atoms with Crippen LogP contribution < -0.4 is 10.1 Å². The highest BCUT2D eigenvalue weighted by Gasteiger charge is 2.31. The molecule has 2 rings (SSSR count). The van der Waals surface area contributed by atoms with E-state index < -0.39 is 29.9 Å². The molecule has 0 spiro atoms. The molecule has 0 heterocycles. The summed E-state index contributed by atoms with van der Waals surface area (Å²) in [7, 11) is 0. The SMILES string of the molecule is CC(=O)c1cccc(OC(C)C(=O)NCC(O)c2cccc(C(F)(F)F)c2)c1. The van der Waals surface area contributed by atoms with Crippen LogP contribution >= 0.6 is 0 Å². The normalized spacial score (nSPS) is 13.5. The largest absolute Gasteiger partial charge is 0.481 e. The van der Waals surface area contributed by atoms with Gasteiger partial charge in [-0.25, -0.2) is 0 Å². The molecule has 2 unspecified atom stereocenters. The number of rotatable bonds is 7. The number of halogens is 3. The molecule has 0 aromatic heterocycles. The van der Waals surface area contributed by atoms with E-state index in [0.717, 1.165) is 12.1 Å². The molecule has 0 aliphatic heterocycles. The summed E-state index contributed by atoms with van der Waals surface area (Å²) in [6.45, 7) is 2.61. The Morgan fingerprint density at radius 3 is 2.46 bits per heavy atom. The Hall–Kier alpha value is -2.87. The predicted molar refractivity (Wildman–Crippen MR) is 96.0 cm³/mol. The monoisotopic (exact) mass is 395 g/mol. The van der Waals surface area contributed by atoms with Gasteiger partial charge in [0.15, 0.2) is 11.9 Å². The van der Waals surface area contributed by atoms with Crippen molar-refractivity contribution in [3.8, 4) is 5.75 Å². The second-order valence-corrected chi connectivity index (χ2v) is 6.23. The average molecular weight is 395 g/mol. The fourth-order valence-electron chi connectivity index (χ4n) is 2.43. The van der Waals surface area contributed by atoms with E-state index >= 15 is 0 Å². The average Bonchev–Trinajstić information content (AvgIpc) is 2.65. The molecular formula is C20H20F3NO4. The molecule has 5 nitrogen and oxygen atoms in total. The first-order chi connectivity index (χ1) is 13.1. The number of nitrogens with one attached hydrogen (secondary N) is 1. The molecule has 2 atom stereocenters. The number of amides is 1. The fourth-order valence-corrected chi connectivity index (χ4v) is 2.43. The molecule has 0 radical (unpaired) electrons. The number of Topliss-reactive ketones (excluding diaryl/α,β-unsaturated/α-hetero) is 1. The van der Waals surface area contributed by atoms with E-state index in [2.05, 4.69) is 5.32 Å². The first-order valence-corrected chi connectivity index (χ1v) is 8.48. The summed E-state index contributed by atoms with van der Waals surface area (Å²) in [5.41, 5.74) is -0.402. The molecule has 0 saturated carbocycles. The Bertz CT molecular complexity index is 851. The molecule has 2 aromatic rings. The molecule has 150 valence electrons. The molecule has 0 saturated heterocycles. The van der Waals surface area contributed by atoms with E-state index in [1.807, 2.05) is 0 Å². The molecular weight excluding hydrogens is 375 g/mol. The van der Waals surface area contributed by atoms with E-state index in [1.54, 1.807) is 18.2 Å². The highest BCUT2D eigenvalue weighted by molar-refractivity contribution is 5.94. The second-order valence-electron chi connectivity index (χ2n) is 6.23. The van der Waals surface area contributed by atoms with Gasteiger partial charge in [-0.05, 0) is 43.7 Å². The number of hydrogen-bond donors (Lipinski definition) is 2. The summed E-state index contributed by atoms with van der Waals surface area (Å²) in [6, 6.07) is 10.6. The van der Waals surface area contributed by atoms with Crippen molar-refractivity contribution >= 4 is 11.7 Å². The van der Waals surface area contributed by atoms with Gasteiger partial charge < -0.3 is 15.2 Å². The highest BCUT2D eigenvalue weighted by Crippen LogP contribution is 2.30. The quantitative estimate of drug-likeness (QED) is 0.704. The lowest BCUT2D eigenvalue weighted by atomic mass is 10.1. The topological polar surface area (TPSA) is 75.6 Å². The number of ketones is 1. The van der Waals surface area contributed by atoms with Crippen LogP contribution in [0.1, 0.15) is 41.4 Å². The predicted octanol–water partition coefficient (Wildman–Crippen LogP) is 3.53. The second kappa shape index (κ2) is 8.88. The molecule has 28 heavy (non-hydrogen) atoms. The Labute approximate surface area is 160 Å². The van der Waals surface area contributed by atoms with Crippen LogP contribution in [0.5, 0.6) is 5.75 Å². The number of carbonyl (C=O) groups is 2. The summed E-state index contributed by atoms with van der Waals surface area (Å²) in [5.74, 6) is -0.375. The Morgan fingerprint density at radius 2 is 1.82 bits per heavy atom. The standard InChI is InChI=1S/C20H20F3NO4/c1-12(25)14-5-4-8-17(10-14)28-13(2)19(27)24-11-18(26)15-6-3-7-16(9-15)20(21,22)23/h3-10,13,18,26H,11H2,1-2H3,(H,24,27). The van der Waals surface area contributed by atoms with Crippen molar-refractivity contribution < 1.29 is 32.6 Å². The van der Waals surface area contributed by atoms with Gasteiger partial charge in [0.25, 0.3) is 5.91 Å². The maximum absolute atomic E-state index is 12.7. The maximum Gasteiger partial charge on any atom is 0.416 e. The molecule has 0 bridgehead atoms. The summed E-state index contributed by atoms with van der Waals surface area (Å²) < 4.78 is 43.7. The van der Waals surface area contributed by atoms with Crippen LogP contribution in [-0.2, 0) is 11.0 Å². The maximum atomic E-state index is 12.7. The summed E-state index contributed by atoms with van der Waals surface area (Å²) in [6.07, 6.45) is -6.76. The molecule has 8 heteroatoms. The van der Waals surface area contributed by atoms with E-state index in [1.165, 1.54) is 32.0 Å². The molecule has 0 aliphatic carbocycles. The lowest BCUT2D eigenvalue weighted by Crippen LogP contribution is -2.38. The minimum Gasteiger partial charge on any atom is -0.481 e. The van der Waals surface area contributed by atoms with E-state index in [4.69, 9.17) is 4.74 Å². The van der Waals surface area contributed by atoms with Gasteiger partial charge in [0.2, 0.25) is 0 Å². The van der Waals surface area contributed by atoms with Gasteiger partial charge >= 0.3 is 6.18 Å². The minimum atomic E-state index is -4.52. The molecule has 2 N–H and O–H groups in total. The van der Waals surface area contributed by atoms with Gasteiger partial charge in [0, 0.05) is 12.1 Å². The van der Waals surface area contributed by atoms with Crippen molar-refractivity contribution in [1.82, 2.24) is 5.32 Å². The first kappa shape index (κ1) is 21.4. The number of aliphatic hydroxyl groups excluding tert-OH is 1. The van der Waals surface area contributed by atoms with Crippen LogP contribution in [0.25, 0.3) is 0 Å². The molecule has 0 aliphatic rings. The number of alkyl halides is 3. The number of ether oxygens (including phenoxy) is 1. The van der Waals surface area contributed by atoms with Gasteiger partial charge in [-0.2, -0.15) is 13.2 Å². The lowest BCUT2D eigenvalue weighted by Gasteiger charge is -2.18. The molecule has 2 aromatic carbocycles. The van der Waals surface area contributed by atoms with Crippen LogP contribution in [0.2, 0.25) is 0 Å². The van der Waals surface area contributed by atoms with Crippen LogP contribution in [0.3, 0.4) is 0 Å². The first-order valence-electron chi connectivity index (χ1n) is 8.48. The Kier molecular flexibility index (Phi) is 6.80. The van der Waals surface area contributed by atoms with Gasteiger partial charge in [-0.3, -0.25) is 9.59 Å². The third kappa shape index (κ3) is 5.82. The van der Waals surface area contributed by atoms with Crippen LogP contribution in [-0.4, -0.2) is 29.4 Å². The van der Waals surface area contributed by atoms with E-state index in [-0.39, 0.29) is 17.9 Å². The van der Waals surface area contributed by atoms with Crippen LogP contribution in [0, 0.1) is 0 Å². The van der Waals surface area contributed by atoms with Crippen molar-refractivity contribution in [1.29, 1.82) is 0 Å². The number of carbonyl (C=O) groups excluding carboxylic acids is 2. The van der Waals surface area contributed by atoms with Crippen molar-refractivity contribution in [2.45, 2.75) is 32.2 Å². The zero-order valence-electron chi connectivity index (χ0n) is 15.3. The fraction of sp³-hybridized carbons (Fsp3) is 0.300. The lowest BCUT2D eigenvalue weighted by molar-refractivity contribution is -0.137. The summed E-state index contributed by atoms with van der Waals surface area (Å²) in [5, 5.41) is 12.5. The third-order valence-corrected chi connectivity index (χ3v) is 3.99. The van der Waals surface area contributed by atoms with Gasteiger partial charge in [-0.1, -0.05) is 24.3 Å². The van der Waals surface area contributed by atoms with Crippen molar-refractivity contribution in [2.24, 2.45) is 0 Å². The number of hydrogen-bond acceptors (Lipinski definition) is 4. The Balaban J connectivity index is 1.94.